The van der Waals surface area contributed by atoms with Gasteiger partial charge in [-0.25, -0.2) is 13.8 Å². The minimum atomic E-state index is -0.864. The first kappa shape index (κ1) is 10.3. The zero-order chi connectivity index (χ0) is 11.2. The summed E-state index contributed by atoms with van der Waals surface area (Å²) in [5.41, 5.74) is 6.31. The molecule has 2 aromatic rings. The van der Waals surface area contributed by atoms with Gasteiger partial charge in [-0.2, -0.15) is 0 Å². The van der Waals surface area contributed by atoms with E-state index >= 15 is 0 Å². The number of halogens is 2. The van der Waals surface area contributed by atoms with Gasteiger partial charge in [0.2, 0.25) is 0 Å². The molecule has 0 aliphatic carbocycles. The molecule has 0 aliphatic heterocycles. The zero-order valence-corrected chi connectivity index (χ0v) is 9.16. The molecule has 2 rings (SSSR count). The van der Waals surface area contributed by atoms with E-state index in [2.05, 4.69) is 4.98 Å². The molecular formula is C10H10F2N2S. The Labute approximate surface area is 89.7 Å². The van der Waals surface area contributed by atoms with Gasteiger partial charge in [0.25, 0.3) is 0 Å². The number of nitrogen functional groups attached to an aromatic ring is 1. The van der Waals surface area contributed by atoms with Crippen molar-refractivity contribution in [2.45, 2.75) is 19.8 Å². The van der Waals surface area contributed by atoms with Crippen molar-refractivity contribution in [1.29, 1.82) is 0 Å². The number of hydrogen-bond donors (Lipinski definition) is 1. The van der Waals surface area contributed by atoms with Crippen LogP contribution in [0.4, 0.5) is 13.9 Å². The molecule has 1 aromatic heterocycles. The third-order valence-electron chi connectivity index (χ3n) is 2.20. The van der Waals surface area contributed by atoms with Gasteiger partial charge in [-0.1, -0.05) is 25.2 Å². The summed E-state index contributed by atoms with van der Waals surface area (Å²) >= 11 is 1.19. The van der Waals surface area contributed by atoms with E-state index in [0.29, 0.717) is 20.9 Å². The molecule has 15 heavy (non-hydrogen) atoms. The number of nitrogens with two attached hydrogens (primary N) is 1. The van der Waals surface area contributed by atoms with Crippen molar-refractivity contribution in [3.05, 3.63) is 23.3 Å². The fourth-order valence-electron chi connectivity index (χ4n) is 1.57. The zero-order valence-electron chi connectivity index (χ0n) is 8.34. The summed E-state index contributed by atoms with van der Waals surface area (Å²) in [5.74, 6) is -1.75. The monoisotopic (exact) mass is 228 g/mol. The van der Waals surface area contributed by atoms with Crippen LogP contribution in [-0.4, -0.2) is 4.98 Å². The predicted octanol–water partition coefficient (Wildman–Crippen LogP) is 3.28. The maximum atomic E-state index is 13.6. The Kier molecular flexibility index (Phi) is 2.34. The quantitative estimate of drug-likeness (QED) is 0.813. The Balaban J connectivity index is 2.88. The van der Waals surface area contributed by atoms with Crippen molar-refractivity contribution < 1.29 is 8.78 Å². The molecule has 80 valence electrons. The first-order valence-electron chi connectivity index (χ1n) is 4.54. The van der Waals surface area contributed by atoms with Crippen molar-refractivity contribution in [2.24, 2.45) is 0 Å². The minimum Gasteiger partial charge on any atom is -0.375 e. The fraction of sp³-hybridized carbons (Fsp3) is 0.300. The first-order valence-corrected chi connectivity index (χ1v) is 5.36. The summed E-state index contributed by atoms with van der Waals surface area (Å²) < 4.78 is 27.4. The molecule has 0 spiro atoms. The molecule has 0 unspecified atom stereocenters. The second-order valence-corrected chi connectivity index (χ2v) is 4.67. The highest BCUT2D eigenvalue weighted by Crippen LogP contribution is 2.34. The molecule has 5 heteroatoms. The van der Waals surface area contributed by atoms with E-state index in [-0.39, 0.29) is 5.92 Å². The highest BCUT2D eigenvalue weighted by Gasteiger charge is 2.18. The van der Waals surface area contributed by atoms with Gasteiger partial charge in [0.15, 0.2) is 16.8 Å². The average molecular weight is 228 g/mol. The molecule has 0 radical (unpaired) electrons. The van der Waals surface area contributed by atoms with E-state index in [1.807, 2.05) is 13.8 Å². The molecule has 2 nitrogen and oxygen atoms in total. The lowest BCUT2D eigenvalue weighted by molar-refractivity contribution is 0.497. The molecule has 2 N–H and O–H groups in total. The number of rotatable bonds is 1. The topological polar surface area (TPSA) is 38.9 Å². The molecule has 0 amide bonds. The van der Waals surface area contributed by atoms with Crippen LogP contribution >= 0.6 is 11.3 Å². The van der Waals surface area contributed by atoms with Crippen LogP contribution in [0.25, 0.3) is 10.2 Å². The third kappa shape index (κ3) is 1.56. The van der Waals surface area contributed by atoms with Gasteiger partial charge in [-0.3, -0.25) is 0 Å². The van der Waals surface area contributed by atoms with Gasteiger partial charge in [-0.05, 0) is 5.92 Å². The number of hydrogen-bond acceptors (Lipinski definition) is 3. The molecule has 0 aliphatic rings. The van der Waals surface area contributed by atoms with Crippen molar-refractivity contribution in [2.75, 3.05) is 5.73 Å². The van der Waals surface area contributed by atoms with Crippen LogP contribution in [0.1, 0.15) is 25.3 Å². The molecular weight excluding hydrogens is 218 g/mol. The van der Waals surface area contributed by atoms with Crippen LogP contribution in [0.5, 0.6) is 0 Å². The largest absolute Gasteiger partial charge is 0.375 e. The summed E-state index contributed by atoms with van der Waals surface area (Å²) in [7, 11) is 0. The van der Waals surface area contributed by atoms with E-state index in [4.69, 9.17) is 5.73 Å². The molecule has 0 atom stereocenters. The number of anilines is 1. The summed E-state index contributed by atoms with van der Waals surface area (Å²) in [6.45, 7) is 3.63. The number of benzene rings is 1. The number of thiazole rings is 1. The van der Waals surface area contributed by atoms with Crippen LogP contribution in [0.2, 0.25) is 0 Å². The Morgan fingerprint density at radius 3 is 2.67 bits per heavy atom. The lowest BCUT2D eigenvalue weighted by Gasteiger charge is -2.08. The van der Waals surface area contributed by atoms with Crippen LogP contribution in [0.3, 0.4) is 0 Å². The predicted molar refractivity (Wildman–Crippen MR) is 58.0 cm³/mol. The maximum absolute atomic E-state index is 13.6. The van der Waals surface area contributed by atoms with Gasteiger partial charge in [0.1, 0.15) is 0 Å². The summed E-state index contributed by atoms with van der Waals surface area (Å²) in [6.07, 6.45) is 0. The highest BCUT2D eigenvalue weighted by atomic mass is 32.1. The molecule has 0 saturated heterocycles. The molecule has 1 heterocycles. The van der Waals surface area contributed by atoms with E-state index < -0.39 is 11.6 Å². The van der Waals surface area contributed by atoms with E-state index in [1.165, 1.54) is 11.3 Å². The highest BCUT2D eigenvalue weighted by molar-refractivity contribution is 7.22. The lowest BCUT2D eigenvalue weighted by atomic mass is 10.0. The molecule has 0 bridgehead atoms. The van der Waals surface area contributed by atoms with E-state index in [9.17, 15) is 8.78 Å². The Hall–Kier alpha value is -1.23. The van der Waals surface area contributed by atoms with Crippen LogP contribution in [0, 0.1) is 11.6 Å². The Morgan fingerprint density at radius 1 is 1.40 bits per heavy atom. The van der Waals surface area contributed by atoms with Gasteiger partial charge in [-0.15, -0.1) is 0 Å². The first-order chi connectivity index (χ1) is 7.00. The Morgan fingerprint density at radius 2 is 2.07 bits per heavy atom. The molecule has 0 saturated carbocycles. The molecule has 0 fully saturated rings. The fourth-order valence-corrected chi connectivity index (χ4v) is 2.56. The van der Waals surface area contributed by atoms with Gasteiger partial charge in [0.05, 0.1) is 10.2 Å². The van der Waals surface area contributed by atoms with E-state index in [0.717, 1.165) is 6.07 Å². The van der Waals surface area contributed by atoms with Crippen molar-refractivity contribution in [3.8, 4) is 0 Å². The van der Waals surface area contributed by atoms with Crippen molar-refractivity contribution >= 4 is 26.7 Å². The van der Waals surface area contributed by atoms with Crippen molar-refractivity contribution in [1.82, 2.24) is 4.98 Å². The maximum Gasteiger partial charge on any atom is 0.181 e. The lowest BCUT2D eigenvalue weighted by Crippen LogP contribution is -1.97. The van der Waals surface area contributed by atoms with Crippen LogP contribution in [0.15, 0.2) is 6.07 Å². The number of aromatic nitrogens is 1. The molecule has 1 aromatic carbocycles. The van der Waals surface area contributed by atoms with Gasteiger partial charge in [0, 0.05) is 11.6 Å². The van der Waals surface area contributed by atoms with Crippen molar-refractivity contribution in [3.63, 3.8) is 0 Å². The third-order valence-corrected chi connectivity index (χ3v) is 3.14. The Bertz CT molecular complexity index is 520. The second kappa shape index (κ2) is 3.41. The van der Waals surface area contributed by atoms with Crippen LogP contribution in [-0.2, 0) is 0 Å². The smallest absolute Gasteiger partial charge is 0.181 e. The van der Waals surface area contributed by atoms with Gasteiger partial charge >= 0.3 is 0 Å². The average Bonchev–Trinajstić information content (AvgIpc) is 2.46. The number of fused-ring (bicyclic) bond motifs is 1. The SMILES string of the molecule is CC(C)c1c(F)c(F)cc2nc(N)sc12. The summed E-state index contributed by atoms with van der Waals surface area (Å²) in [5, 5.41) is 0.330. The van der Waals surface area contributed by atoms with Gasteiger partial charge < -0.3 is 5.73 Å². The number of nitrogens with zero attached hydrogens (tertiary/aromatic N) is 1. The standard InChI is InChI=1S/C10H10F2N2S/c1-4(2)7-8(12)5(11)3-6-9(7)15-10(13)14-6/h3-4H,1-2H3,(H2,13,14). The van der Waals surface area contributed by atoms with Crippen LogP contribution < -0.4 is 5.73 Å². The normalized spacial score (nSPS) is 11.5. The second-order valence-electron chi connectivity index (χ2n) is 3.64. The summed E-state index contributed by atoms with van der Waals surface area (Å²) in [4.78, 5) is 3.95. The minimum absolute atomic E-state index is 0.0944. The van der Waals surface area contributed by atoms with E-state index in [1.54, 1.807) is 0 Å². The summed E-state index contributed by atoms with van der Waals surface area (Å²) in [6, 6.07) is 1.09.